The van der Waals surface area contributed by atoms with Crippen molar-refractivity contribution < 1.29 is 8.42 Å². The summed E-state index contributed by atoms with van der Waals surface area (Å²) < 4.78 is 23.7. The van der Waals surface area contributed by atoms with Crippen LogP contribution in [-0.4, -0.2) is 55.6 Å². The van der Waals surface area contributed by atoms with Gasteiger partial charge in [-0.15, -0.1) is 0 Å². The van der Waals surface area contributed by atoms with Crippen LogP contribution in [0.1, 0.15) is 26.7 Å². The van der Waals surface area contributed by atoms with Crippen LogP contribution in [0.2, 0.25) is 0 Å². The molecule has 7 heteroatoms. The zero-order valence-electron chi connectivity index (χ0n) is 13.3. The summed E-state index contributed by atoms with van der Waals surface area (Å²) in [6.07, 6.45) is 4.06. The monoisotopic (exact) mass is 324 g/mol. The average molecular weight is 324 g/mol. The molecule has 2 atom stereocenters. The second kappa shape index (κ2) is 6.02. The Kier molecular flexibility index (Phi) is 4.25. The maximum atomic E-state index is 11.8. The van der Waals surface area contributed by atoms with Gasteiger partial charge in [-0.2, -0.15) is 0 Å². The zero-order chi connectivity index (χ0) is 15.7. The van der Waals surface area contributed by atoms with Crippen molar-refractivity contribution in [3.63, 3.8) is 0 Å². The molecule has 0 radical (unpaired) electrons. The highest BCUT2D eigenvalue weighted by molar-refractivity contribution is 7.92. The first kappa shape index (κ1) is 15.5. The average Bonchev–Trinajstić information content (AvgIpc) is 2.50. The highest BCUT2D eigenvalue weighted by Gasteiger charge is 2.30. The minimum atomic E-state index is -2.94. The van der Waals surface area contributed by atoms with Gasteiger partial charge >= 0.3 is 0 Å². The summed E-state index contributed by atoms with van der Waals surface area (Å²) in [7, 11) is -2.94. The van der Waals surface area contributed by atoms with E-state index in [0.717, 1.165) is 24.7 Å². The lowest BCUT2D eigenvalue weighted by atomic mass is 10.0. The van der Waals surface area contributed by atoms with Gasteiger partial charge in [0.05, 0.1) is 11.0 Å². The van der Waals surface area contributed by atoms with E-state index in [-0.39, 0.29) is 11.0 Å². The van der Waals surface area contributed by atoms with Crippen LogP contribution in [0.4, 0.5) is 11.6 Å². The number of nitrogens with zero attached hydrogens (tertiary/aromatic N) is 4. The largest absolute Gasteiger partial charge is 0.356 e. The summed E-state index contributed by atoms with van der Waals surface area (Å²) in [4.78, 5) is 13.1. The van der Waals surface area contributed by atoms with Gasteiger partial charge in [0, 0.05) is 32.2 Å². The highest BCUT2D eigenvalue weighted by atomic mass is 32.2. The number of aromatic nitrogens is 2. The Morgan fingerprint density at radius 2 is 1.77 bits per heavy atom. The van der Waals surface area contributed by atoms with E-state index < -0.39 is 9.84 Å². The number of rotatable bonds is 2. The van der Waals surface area contributed by atoms with E-state index in [2.05, 4.69) is 26.7 Å². The lowest BCUT2D eigenvalue weighted by molar-refractivity contribution is 0.444. The summed E-state index contributed by atoms with van der Waals surface area (Å²) >= 11 is 0. The molecule has 1 aromatic rings. The molecule has 0 saturated carbocycles. The Morgan fingerprint density at radius 3 is 2.41 bits per heavy atom. The smallest absolute Gasteiger partial charge is 0.156 e. The molecular weight excluding hydrogens is 300 g/mol. The number of anilines is 2. The third kappa shape index (κ3) is 3.19. The van der Waals surface area contributed by atoms with Crippen molar-refractivity contribution >= 4 is 21.5 Å². The molecule has 2 aliphatic heterocycles. The fourth-order valence-electron chi connectivity index (χ4n) is 3.24. The molecule has 122 valence electrons. The van der Waals surface area contributed by atoms with Crippen molar-refractivity contribution in [2.45, 2.75) is 31.9 Å². The Hall–Kier alpha value is -1.37. The molecule has 0 aliphatic carbocycles. The van der Waals surface area contributed by atoms with Gasteiger partial charge in [-0.3, -0.25) is 0 Å². The van der Waals surface area contributed by atoms with Crippen LogP contribution in [0.3, 0.4) is 0 Å². The molecule has 1 aromatic heterocycles. The third-order valence-corrected chi connectivity index (χ3v) is 6.81. The number of piperidine rings is 1. The van der Waals surface area contributed by atoms with Crippen LogP contribution in [0.5, 0.6) is 0 Å². The van der Waals surface area contributed by atoms with Crippen LogP contribution in [0.15, 0.2) is 12.4 Å². The molecule has 0 amide bonds. The van der Waals surface area contributed by atoms with Gasteiger partial charge in [0.2, 0.25) is 0 Å². The predicted octanol–water partition coefficient (Wildman–Crippen LogP) is 1.34. The van der Waals surface area contributed by atoms with Gasteiger partial charge < -0.3 is 9.80 Å². The summed E-state index contributed by atoms with van der Waals surface area (Å²) in [5, 5.41) is -0.338. The summed E-state index contributed by atoms with van der Waals surface area (Å²) in [6.45, 7) is 7.13. The van der Waals surface area contributed by atoms with Crippen LogP contribution >= 0.6 is 0 Å². The van der Waals surface area contributed by atoms with Crippen LogP contribution in [-0.2, 0) is 9.84 Å². The lowest BCUT2D eigenvalue weighted by Crippen LogP contribution is -2.46. The maximum Gasteiger partial charge on any atom is 0.156 e. The van der Waals surface area contributed by atoms with E-state index in [1.807, 2.05) is 6.07 Å². The molecule has 0 bridgehead atoms. The summed E-state index contributed by atoms with van der Waals surface area (Å²) in [6, 6.07) is 2.00. The Morgan fingerprint density at radius 1 is 1.09 bits per heavy atom. The second-order valence-electron chi connectivity index (χ2n) is 6.55. The van der Waals surface area contributed by atoms with Crippen molar-refractivity contribution in [2.75, 3.05) is 41.7 Å². The highest BCUT2D eigenvalue weighted by Crippen LogP contribution is 2.25. The first-order valence-electron chi connectivity index (χ1n) is 7.99. The van der Waals surface area contributed by atoms with Crippen LogP contribution in [0, 0.1) is 5.92 Å². The topological polar surface area (TPSA) is 66.4 Å². The number of hydrogen-bond donors (Lipinski definition) is 0. The first-order valence-corrected chi connectivity index (χ1v) is 9.71. The fourth-order valence-corrected chi connectivity index (χ4v) is 4.53. The van der Waals surface area contributed by atoms with Crippen molar-refractivity contribution in [1.82, 2.24) is 9.97 Å². The number of hydrogen-bond acceptors (Lipinski definition) is 6. The van der Waals surface area contributed by atoms with Gasteiger partial charge in [-0.05, 0) is 25.7 Å². The molecule has 2 fully saturated rings. The standard InChI is InChI=1S/C15H24N4O2S/c1-12-4-3-5-18(9-12)14-8-15(17-11-16-14)19-6-7-22(20,21)13(2)10-19/h8,11-13H,3-7,9-10H2,1-2H3/t12-,13-/m0/s1. The van der Waals surface area contributed by atoms with Crippen LogP contribution in [0.25, 0.3) is 0 Å². The molecule has 6 nitrogen and oxygen atoms in total. The minimum absolute atomic E-state index is 0.203. The normalized spacial score (nSPS) is 28.6. The first-order chi connectivity index (χ1) is 10.5. The van der Waals surface area contributed by atoms with Crippen LogP contribution < -0.4 is 9.80 Å². The summed E-state index contributed by atoms with van der Waals surface area (Å²) in [5.74, 6) is 2.68. The van der Waals surface area contributed by atoms with Crippen molar-refractivity contribution in [2.24, 2.45) is 5.92 Å². The molecule has 2 saturated heterocycles. The molecular formula is C15H24N4O2S. The van der Waals surface area contributed by atoms with E-state index in [0.29, 0.717) is 19.0 Å². The van der Waals surface area contributed by atoms with Crippen molar-refractivity contribution in [3.8, 4) is 0 Å². The Labute approximate surface area is 132 Å². The van der Waals surface area contributed by atoms with Gasteiger partial charge in [0.1, 0.15) is 18.0 Å². The SMILES string of the molecule is C[C@H]1CCCN(c2cc(N3CCS(=O)(=O)[C@@H](C)C3)ncn2)C1. The minimum Gasteiger partial charge on any atom is -0.356 e. The predicted molar refractivity (Wildman–Crippen MR) is 88.1 cm³/mol. The lowest BCUT2D eigenvalue weighted by Gasteiger charge is -2.34. The molecule has 0 N–H and O–H groups in total. The van der Waals surface area contributed by atoms with Gasteiger partial charge in [-0.25, -0.2) is 18.4 Å². The quantitative estimate of drug-likeness (QED) is 0.818. The summed E-state index contributed by atoms with van der Waals surface area (Å²) in [5.41, 5.74) is 0. The van der Waals surface area contributed by atoms with E-state index in [1.54, 1.807) is 13.3 Å². The number of sulfone groups is 1. The zero-order valence-corrected chi connectivity index (χ0v) is 14.1. The van der Waals surface area contributed by atoms with Crippen molar-refractivity contribution in [3.05, 3.63) is 12.4 Å². The van der Waals surface area contributed by atoms with Gasteiger partial charge in [0.15, 0.2) is 9.84 Å². The molecule has 2 aliphatic rings. The molecule has 3 rings (SSSR count). The van der Waals surface area contributed by atoms with Crippen molar-refractivity contribution in [1.29, 1.82) is 0 Å². The fraction of sp³-hybridized carbons (Fsp3) is 0.733. The molecule has 0 aromatic carbocycles. The van der Waals surface area contributed by atoms with E-state index in [9.17, 15) is 8.42 Å². The molecule has 22 heavy (non-hydrogen) atoms. The maximum absolute atomic E-state index is 11.8. The van der Waals surface area contributed by atoms with Gasteiger partial charge in [0.25, 0.3) is 0 Å². The third-order valence-electron chi connectivity index (χ3n) is 4.68. The molecule has 3 heterocycles. The van der Waals surface area contributed by atoms with E-state index >= 15 is 0 Å². The second-order valence-corrected chi connectivity index (χ2v) is 9.09. The molecule has 0 spiro atoms. The van der Waals surface area contributed by atoms with E-state index in [1.165, 1.54) is 12.8 Å². The Balaban J connectivity index is 1.77. The Bertz CT molecular complexity index is 634. The molecule has 0 unspecified atom stereocenters. The van der Waals surface area contributed by atoms with E-state index in [4.69, 9.17) is 0 Å². The van der Waals surface area contributed by atoms with Gasteiger partial charge in [-0.1, -0.05) is 6.92 Å².